The minimum Gasteiger partial charge on any atom is -0.371 e. The average molecular weight is 578 g/mol. The first-order chi connectivity index (χ1) is 15.8. The third-order valence-electron chi connectivity index (χ3n) is 6.28. The zero-order valence-corrected chi connectivity index (χ0v) is 23.5. The van der Waals surface area contributed by atoms with Gasteiger partial charge in [-0.15, -0.1) is 24.0 Å². The molecule has 0 radical (unpaired) electrons. The van der Waals surface area contributed by atoms with Crippen LogP contribution in [0.3, 0.4) is 0 Å². The van der Waals surface area contributed by atoms with Crippen LogP contribution in [0.25, 0.3) is 0 Å². The number of anilines is 1. The topological polar surface area (TPSA) is 68.8 Å². The van der Waals surface area contributed by atoms with Crippen LogP contribution in [0.1, 0.15) is 55.1 Å². The van der Waals surface area contributed by atoms with E-state index in [1.54, 1.807) is 7.05 Å². The van der Waals surface area contributed by atoms with Crippen molar-refractivity contribution in [2.24, 2.45) is 4.99 Å². The third kappa shape index (κ3) is 7.89. The SMILES string of the molecule is CN=C(NCCc1cccc(C(=O)NC)c1)NC1CCN(c2ccc(C(C)(C)C)cc2)CC1.I. The molecule has 0 aliphatic carbocycles. The Kier molecular flexibility index (Phi) is 10.7. The second-order valence-corrected chi connectivity index (χ2v) is 9.73. The van der Waals surface area contributed by atoms with Gasteiger partial charge in [-0.05, 0) is 60.1 Å². The zero-order chi connectivity index (χ0) is 23.8. The number of benzene rings is 2. The van der Waals surface area contributed by atoms with E-state index in [1.165, 1.54) is 11.3 Å². The molecule has 1 aliphatic heterocycles. The Labute approximate surface area is 222 Å². The van der Waals surface area contributed by atoms with Crippen LogP contribution in [0.15, 0.2) is 53.5 Å². The van der Waals surface area contributed by atoms with Gasteiger partial charge in [-0.1, -0.05) is 45.0 Å². The number of nitrogens with one attached hydrogen (secondary N) is 3. The van der Waals surface area contributed by atoms with Crippen molar-refractivity contribution in [1.82, 2.24) is 16.0 Å². The molecule has 1 saturated heterocycles. The number of carbonyl (C=O) groups is 1. The summed E-state index contributed by atoms with van der Waals surface area (Å²) in [5.74, 6) is 0.782. The largest absolute Gasteiger partial charge is 0.371 e. The lowest BCUT2D eigenvalue weighted by molar-refractivity contribution is 0.0963. The van der Waals surface area contributed by atoms with E-state index in [9.17, 15) is 4.79 Å². The molecule has 0 atom stereocenters. The summed E-state index contributed by atoms with van der Waals surface area (Å²) in [5.41, 5.74) is 4.69. The van der Waals surface area contributed by atoms with E-state index in [0.29, 0.717) is 11.6 Å². The number of hydrogen-bond donors (Lipinski definition) is 3. The molecule has 1 heterocycles. The van der Waals surface area contributed by atoms with Gasteiger partial charge in [0, 0.05) is 51.0 Å². The highest BCUT2D eigenvalue weighted by Crippen LogP contribution is 2.26. The number of halogens is 1. The first kappa shape index (κ1) is 28.0. The van der Waals surface area contributed by atoms with Crippen molar-refractivity contribution >= 4 is 41.5 Å². The summed E-state index contributed by atoms with van der Waals surface area (Å²) >= 11 is 0. The van der Waals surface area contributed by atoms with Gasteiger partial charge in [-0.2, -0.15) is 0 Å². The second-order valence-electron chi connectivity index (χ2n) is 9.73. The summed E-state index contributed by atoms with van der Waals surface area (Å²) in [6.45, 7) is 9.59. The number of nitrogens with zero attached hydrogens (tertiary/aromatic N) is 2. The Bertz CT molecular complexity index is 944. The van der Waals surface area contributed by atoms with Crippen LogP contribution in [-0.2, 0) is 11.8 Å². The van der Waals surface area contributed by atoms with E-state index in [2.05, 4.69) is 70.9 Å². The molecular weight excluding hydrogens is 537 g/mol. The fraction of sp³-hybridized carbons (Fsp3) is 0.481. The van der Waals surface area contributed by atoms with Crippen molar-refractivity contribution in [3.8, 4) is 0 Å². The predicted molar refractivity (Wildman–Crippen MR) is 154 cm³/mol. The van der Waals surface area contributed by atoms with Gasteiger partial charge in [0.1, 0.15) is 0 Å². The van der Waals surface area contributed by atoms with Gasteiger partial charge in [0.05, 0.1) is 0 Å². The highest BCUT2D eigenvalue weighted by atomic mass is 127. The molecule has 2 aromatic carbocycles. The number of guanidine groups is 1. The second kappa shape index (κ2) is 13.0. The minimum absolute atomic E-state index is 0. The van der Waals surface area contributed by atoms with Gasteiger partial charge >= 0.3 is 0 Å². The van der Waals surface area contributed by atoms with Crippen molar-refractivity contribution in [3.63, 3.8) is 0 Å². The molecule has 0 saturated carbocycles. The first-order valence-corrected chi connectivity index (χ1v) is 11.9. The summed E-state index contributed by atoms with van der Waals surface area (Å²) in [5, 5.41) is 9.67. The lowest BCUT2D eigenvalue weighted by Gasteiger charge is -2.35. The van der Waals surface area contributed by atoms with Crippen LogP contribution < -0.4 is 20.9 Å². The smallest absolute Gasteiger partial charge is 0.251 e. The van der Waals surface area contributed by atoms with Crippen molar-refractivity contribution in [2.45, 2.75) is 51.5 Å². The summed E-state index contributed by atoms with van der Waals surface area (Å²) in [7, 11) is 3.47. The average Bonchev–Trinajstić information content (AvgIpc) is 2.83. The quantitative estimate of drug-likeness (QED) is 0.272. The minimum atomic E-state index is -0.0567. The van der Waals surface area contributed by atoms with Crippen LogP contribution in [0.2, 0.25) is 0 Å². The molecule has 0 spiro atoms. The molecule has 0 bridgehead atoms. The molecule has 186 valence electrons. The van der Waals surface area contributed by atoms with E-state index in [1.807, 2.05) is 31.3 Å². The molecule has 34 heavy (non-hydrogen) atoms. The molecule has 2 aromatic rings. The predicted octanol–water partition coefficient (Wildman–Crippen LogP) is 4.34. The van der Waals surface area contributed by atoms with E-state index < -0.39 is 0 Å². The zero-order valence-electron chi connectivity index (χ0n) is 21.1. The Balaban J connectivity index is 0.00000408. The first-order valence-electron chi connectivity index (χ1n) is 11.9. The summed E-state index contributed by atoms with van der Waals surface area (Å²) in [6.07, 6.45) is 2.99. The van der Waals surface area contributed by atoms with Crippen molar-refractivity contribution in [1.29, 1.82) is 0 Å². The van der Waals surface area contributed by atoms with Gasteiger partial charge in [0.25, 0.3) is 5.91 Å². The molecule has 3 N–H and O–H groups in total. The van der Waals surface area contributed by atoms with Gasteiger partial charge < -0.3 is 20.9 Å². The van der Waals surface area contributed by atoms with Gasteiger partial charge in [0.2, 0.25) is 0 Å². The summed E-state index contributed by atoms with van der Waals surface area (Å²) < 4.78 is 0. The van der Waals surface area contributed by atoms with Gasteiger partial charge in [-0.3, -0.25) is 9.79 Å². The van der Waals surface area contributed by atoms with Crippen LogP contribution in [0.5, 0.6) is 0 Å². The highest BCUT2D eigenvalue weighted by Gasteiger charge is 2.21. The van der Waals surface area contributed by atoms with E-state index in [4.69, 9.17) is 0 Å². The van der Waals surface area contributed by atoms with E-state index in [-0.39, 0.29) is 35.3 Å². The third-order valence-corrected chi connectivity index (χ3v) is 6.28. The summed E-state index contributed by atoms with van der Waals surface area (Å²) in [6, 6.07) is 17.2. The Hall–Kier alpha value is -2.29. The number of hydrogen-bond acceptors (Lipinski definition) is 3. The maximum Gasteiger partial charge on any atom is 0.251 e. The van der Waals surface area contributed by atoms with Crippen LogP contribution in [-0.4, -0.2) is 51.6 Å². The molecule has 0 unspecified atom stereocenters. The van der Waals surface area contributed by atoms with Crippen molar-refractivity contribution in [3.05, 3.63) is 65.2 Å². The molecule has 7 heteroatoms. The number of amides is 1. The lowest BCUT2D eigenvalue weighted by Crippen LogP contribution is -2.49. The van der Waals surface area contributed by atoms with E-state index in [0.717, 1.165) is 50.4 Å². The van der Waals surface area contributed by atoms with Crippen LogP contribution >= 0.6 is 24.0 Å². The molecule has 6 nitrogen and oxygen atoms in total. The van der Waals surface area contributed by atoms with Crippen molar-refractivity contribution in [2.75, 3.05) is 38.6 Å². The number of rotatable bonds is 6. The number of aliphatic imine (C=N–C) groups is 1. The fourth-order valence-corrected chi connectivity index (χ4v) is 4.18. The van der Waals surface area contributed by atoms with Crippen LogP contribution in [0, 0.1) is 0 Å². The van der Waals surface area contributed by atoms with Gasteiger partial charge in [0.15, 0.2) is 5.96 Å². The number of carbonyl (C=O) groups excluding carboxylic acids is 1. The number of piperidine rings is 1. The molecule has 1 fully saturated rings. The highest BCUT2D eigenvalue weighted by molar-refractivity contribution is 14.0. The van der Waals surface area contributed by atoms with E-state index >= 15 is 0 Å². The standard InChI is InChI=1S/C27H39N5O.HI/c1-27(2,3)22-9-11-24(12-10-22)32-17-14-23(15-18-32)31-26(29-5)30-16-13-20-7-6-8-21(19-20)25(33)28-4;/h6-12,19,23H,13-18H2,1-5H3,(H,28,33)(H2,29,30,31);1H. The Morgan fingerprint density at radius 2 is 1.76 bits per heavy atom. The molecular formula is C27H40IN5O. The Morgan fingerprint density at radius 3 is 2.35 bits per heavy atom. The maximum atomic E-state index is 11.8. The maximum absolute atomic E-state index is 11.8. The van der Waals surface area contributed by atoms with Crippen LogP contribution in [0.4, 0.5) is 5.69 Å². The van der Waals surface area contributed by atoms with Crippen molar-refractivity contribution < 1.29 is 4.79 Å². The fourth-order valence-electron chi connectivity index (χ4n) is 4.18. The van der Waals surface area contributed by atoms with Gasteiger partial charge in [-0.25, -0.2) is 0 Å². The lowest BCUT2D eigenvalue weighted by atomic mass is 9.87. The molecule has 3 rings (SSSR count). The molecule has 1 amide bonds. The normalized spacial score (nSPS) is 14.9. The summed E-state index contributed by atoms with van der Waals surface area (Å²) in [4.78, 5) is 18.7. The molecule has 1 aliphatic rings. The Morgan fingerprint density at radius 1 is 1.09 bits per heavy atom. The molecule has 0 aromatic heterocycles. The monoisotopic (exact) mass is 577 g/mol.